The third-order valence-corrected chi connectivity index (χ3v) is 10.6. The molecule has 0 spiro atoms. The quantitative estimate of drug-likeness (QED) is 0.413. The van der Waals surface area contributed by atoms with Crippen LogP contribution in [-0.4, -0.2) is 17.6 Å². The van der Waals surface area contributed by atoms with E-state index < -0.39 is 0 Å². The fraction of sp³-hybridized carbons (Fsp3) is 0.182. The molecule has 1 heterocycles. The lowest BCUT2D eigenvalue weighted by atomic mass is 10.2. The third kappa shape index (κ3) is 2.80. The van der Waals surface area contributed by atoms with Crippen molar-refractivity contribution in [1.29, 1.82) is 0 Å². The Morgan fingerprint density at radius 1 is 1.31 bits per heavy atom. The van der Waals surface area contributed by atoms with Crippen molar-refractivity contribution in [2.75, 3.05) is 13.4 Å². The van der Waals surface area contributed by atoms with E-state index in [1.807, 2.05) is 34.7 Å². The van der Waals surface area contributed by atoms with Crippen LogP contribution in [0.25, 0.3) is 4.91 Å². The first kappa shape index (κ1) is 12.9. The predicted octanol–water partition coefficient (Wildman–Crippen LogP) is 4.81. The first-order valence-corrected chi connectivity index (χ1v) is 10.9. The van der Waals surface area contributed by atoms with E-state index in [0.717, 1.165) is 5.75 Å². The SMILES string of the molecule is COc1ccc(C2=CC(SC)=S(I)S2)cc1. The van der Waals surface area contributed by atoms with Crippen molar-refractivity contribution in [3.8, 4) is 5.75 Å². The first-order chi connectivity index (χ1) is 7.74. The van der Waals surface area contributed by atoms with Crippen molar-refractivity contribution in [2.45, 2.75) is 0 Å². The fourth-order valence-corrected chi connectivity index (χ4v) is 9.02. The zero-order valence-electron chi connectivity index (χ0n) is 8.90. The normalized spacial score (nSPS) is 19.8. The van der Waals surface area contributed by atoms with Gasteiger partial charge in [-0.2, -0.15) is 0 Å². The van der Waals surface area contributed by atoms with Crippen molar-refractivity contribution in [1.82, 2.24) is 0 Å². The van der Waals surface area contributed by atoms with Gasteiger partial charge in [-0.3, -0.25) is 0 Å². The van der Waals surface area contributed by atoms with Crippen LogP contribution in [0.5, 0.6) is 5.75 Å². The molecule has 1 nitrogen and oxygen atoms in total. The van der Waals surface area contributed by atoms with Crippen LogP contribution in [0.2, 0.25) is 0 Å². The minimum atomic E-state index is 0.294. The van der Waals surface area contributed by atoms with Crippen LogP contribution in [-0.2, 0) is 0 Å². The predicted molar refractivity (Wildman–Crippen MR) is 88.7 cm³/mol. The van der Waals surface area contributed by atoms with Crippen LogP contribution in [0, 0.1) is 0 Å². The lowest BCUT2D eigenvalue weighted by Crippen LogP contribution is -1.83. The Kier molecular flexibility index (Phi) is 4.69. The van der Waals surface area contributed by atoms with Crippen molar-refractivity contribution in [2.24, 2.45) is 0 Å². The summed E-state index contributed by atoms with van der Waals surface area (Å²) in [5.41, 5.74) is 1.28. The molecule has 1 atom stereocenters. The molecule has 0 bridgehead atoms. The Balaban J connectivity index is 2.21. The monoisotopic (exact) mass is 382 g/mol. The van der Waals surface area contributed by atoms with Gasteiger partial charge in [0.15, 0.2) is 0 Å². The van der Waals surface area contributed by atoms with Gasteiger partial charge in [-0.25, -0.2) is 0 Å². The number of rotatable bonds is 2. The molecule has 5 heteroatoms. The molecular weight excluding hydrogens is 371 g/mol. The largest absolute Gasteiger partial charge is 0.497 e. The van der Waals surface area contributed by atoms with E-state index in [9.17, 15) is 0 Å². The molecule has 1 unspecified atom stereocenters. The topological polar surface area (TPSA) is 9.23 Å². The third-order valence-electron chi connectivity index (χ3n) is 2.15. The zero-order valence-corrected chi connectivity index (χ0v) is 13.5. The Labute approximate surface area is 118 Å². The minimum Gasteiger partial charge on any atom is -0.497 e. The van der Waals surface area contributed by atoms with E-state index in [1.54, 1.807) is 7.11 Å². The molecule has 1 aromatic rings. The molecule has 0 aromatic heterocycles. The van der Waals surface area contributed by atoms with Gasteiger partial charge in [0.1, 0.15) is 5.75 Å². The maximum Gasteiger partial charge on any atom is 0.118 e. The summed E-state index contributed by atoms with van der Waals surface area (Å²) >= 11 is 4.35. The summed E-state index contributed by atoms with van der Waals surface area (Å²) in [6.07, 6.45) is 4.44. The second-order valence-corrected chi connectivity index (χ2v) is 11.6. The summed E-state index contributed by atoms with van der Waals surface area (Å²) in [5.74, 6) is 0.912. The minimum absolute atomic E-state index is 0.294. The van der Waals surface area contributed by atoms with Crippen molar-refractivity contribution < 1.29 is 4.74 Å². The molecule has 0 saturated heterocycles. The van der Waals surface area contributed by atoms with Gasteiger partial charge in [0.25, 0.3) is 0 Å². The van der Waals surface area contributed by atoms with Gasteiger partial charge in [-0.15, -0.1) is 11.8 Å². The van der Waals surface area contributed by atoms with Crippen LogP contribution in [0.15, 0.2) is 30.3 Å². The first-order valence-electron chi connectivity index (χ1n) is 4.60. The second kappa shape index (κ2) is 5.84. The molecular formula is C11H11IOS3. The number of thioether (sulfide) groups is 1. The molecule has 86 valence electrons. The number of benzene rings is 1. The standard InChI is InChI=1S/C11H11IOS3/c1-13-9-5-3-8(4-6-9)10-7-11(14-2)16(12)15-10/h3-7H,1-2H3. The Hall–Kier alpha value is 0.410. The van der Waals surface area contributed by atoms with Crippen LogP contribution >= 0.6 is 50.4 Å². The highest BCUT2D eigenvalue weighted by Gasteiger charge is 2.14. The zero-order chi connectivity index (χ0) is 11.5. The van der Waals surface area contributed by atoms with Gasteiger partial charge < -0.3 is 4.74 Å². The maximum absolute atomic E-state index is 5.16. The lowest BCUT2D eigenvalue weighted by molar-refractivity contribution is 0.415. The summed E-state index contributed by atoms with van der Waals surface area (Å²) in [4.78, 5) is 1.37. The highest BCUT2D eigenvalue weighted by molar-refractivity contribution is 14.2. The summed E-state index contributed by atoms with van der Waals surface area (Å²) < 4.78 is 6.63. The van der Waals surface area contributed by atoms with Gasteiger partial charge in [0.05, 0.1) is 11.3 Å². The Bertz CT molecular complexity index is 451. The van der Waals surface area contributed by atoms with E-state index >= 15 is 0 Å². The van der Waals surface area contributed by atoms with E-state index in [0.29, 0.717) is 6.69 Å². The molecule has 16 heavy (non-hydrogen) atoms. The summed E-state index contributed by atoms with van der Waals surface area (Å²) in [7, 11) is 3.64. The van der Waals surface area contributed by atoms with E-state index in [2.05, 4.69) is 45.7 Å². The summed E-state index contributed by atoms with van der Waals surface area (Å²) in [6.45, 7) is 0.294. The van der Waals surface area contributed by atoms with Gasteiger partial charge in [-0.1, -0.05) is 22.9 Å². The fourth-order valence-electron chi connectivity index (χ4n) is 1.31. The van der Waals surface area contributed by atoms with Crippen LogP contribution in [0.4, 0.5) is 0 Å². The highest BCUT2D eigenvalue weighted by atomic mass is 127. The molecule has 1 aliphatic rings. The van der Waals surface area contributed by atoms with Crippen molar-refractivity contribution in [3.63, 3.8) is 0 Å². The maximum atomic E-state index is 5.16. The van der Waals surface area contributed by atoms with Crippen LogP contribution < -0.4 is 4.74 Å². The molecule has 1 aromatic carbocycles. The van der Waals surface area contributed by atoms with E-state index in [1.165, 1.54) is 14.7 Å². The highest BCUT2D eigenvalue weighted by Crippen LogP contribution is 2.54. The van der Waals surface area contributed by atoms with Gasteiger partial charge in [0.2, 0.25) is 0 Å². The molecule has 1 aliphatic heterocycles. The molecule has 0 N–H and O–H groups in total. The number of halogens is 1. The van der Waals surface area contributed by atoms with Crippen molar-refractivity contribution in [3.05, 3.63) is 35.9 Å². The van der Waals surface area contributed by atoms with Gasteiger partial charge >= 0.3 is 0 Å². The Morgan fingerprint density at radius 2 is 2.00 bits per heavy atom. The average Bonchev–Trinajstić information content (AvgIpc) is 2.71. The molecule has 2 rings (SSSR count). The summed E-state index contributed by atoms with van der Waals surface area (Å²) in [6, 6.07) is 8.27. The number of hydrogen-bond donors (Lipinski definition) is 0. The van der Waals surface area contributed by atoms with Gasteiger partial charge in [-0.05, 0) is 36.7 Å². The molecule has 0 fully saturated rings. The second-order valence-electron chi connectivity index (χ2n) is 3.07. The lowest BCUT2D eigenvalue weighted by Gasteiger charge is -2.03. The van der Waals surface area contributed by atoms with E-state index in [4.69, 9.17) is 4.74 Å². The summed E-state index contributed by atoms with van der Waals surface area (Å²) in [5, 5.41) is 0. The van der Waals surface area contributed by atoms with Crippen LogP contribution in [0.1, 0.15) is 5.56 Å². The van der Waals surface area contributed by atoms with Crippen LogP contribution in [0.3, 0.4) is 0 Å². The molecule has 0 amide bonds. The average molecular weight is 382 g/mol. The van der Waals surface area contributed by atoms with Gasteiger partial charge in [0, 0.05) is 26.1 Å². The van der Waals surface area contributed by atoms with E-state index in [-0.39, 0.29) is 0 Å². The van der Waals surface area contributed by atoms with Crippen molar-refractivity contribution >= 4 is 59.6 Å². The number of hydrogen-bond acceptors (Lipinski definition) is 3. The number of ether oxygens (including phenoxy) is 1. The molecule has 0 saturated carbocycles. The molecule has 0 radical (unpaired) electrons. The Morgan fingerprint density at radius 3 is 2.50 bits per heavy atom. The smallest absolute Gasteiger partial charge is 0.118 e. The number of methoxy groups -OCH3 is 1. The molecule has 0 aliphatic carbocycles.